The number of benzene rings is 4. The highest BCUT2D eigenvalue weighted by Crippen LogP contribution is 2.40. The van der Waals surface area contributed by atoms with Gasteiger partial charge in [-0.15, -0.1) is 11.8 Å². The third-order valence-corrected chi connectivity index (χ3v) is 9.48. The molecule has 3 atom stereocenters. The molecule has 0 aromatic heterocycles. The molecule has 1 fully saturated rings. The van der Waals surface area contributed by atoms with E-state index in [2.05, 4.69) is 5.32 Å². The van der Waals surface area contributed by atoms with E-state index in [9.17, 15) is 24.6 Å². The molecule has 4 aromatic rings. The summed E-state index contributed by atoms with van der Waals surface area (Å²) in [4.78, 5) is 35.8. The number of aromatic carboxylic acids is 1. The van der Waals surface area contributed by atoms with Gasteiger partial charge in [0.25, 0.3) is 0 Å². The van der Waals surface area contributed by atoms with Crippen molar-refractivity contribution >= 4 is 29.5 Å². The number of carboxylic acid groups (broad SMARTS) is 1. The lowest BCUT2D eigenvalue weighted by Gasteiger charge is -2.36. The van der Waals surface area contributed by atoms with Crippen LogP contribution in [0.4, 0.5) is 0 Å². The SMILES string of the molecule is O=C(CCCCC(=O)NCc1cccc(-c2ccc(C3OC(CSc4ccccc4C(=O)O)CC(c4ccc(CO)cc4)O3)cc2)c1)NO. The molecule has 256 valence electrons. The fraction of sp³-hybridized carbons (Fsp3) is 0.289. The molecule has 4 aromatic carbocycles. The average molecular weight is 685 g/mol. The first-order chi connectivity index (χ1) is 23.8. The van der Waals surface area contributed by atoms with Gasteiger partial charge >= 0.3 is 5.97 Å². The van der Waals surface area contributed by atoms with Crippen LogP contribution in [0.5, 0.6) is 0 Å². The van der Waals surface area contributed by atoms with E-state index in [1.54, 1.807) is 17.6 Å². The molecular formula is C38H40N2O8S. The van der Waals surface area contributed by atoms with Gasteiger partial charge in [-0.3, -0.25) is 14.8 Å². The zero-order chi connectivity index (χ0) is 34.6. The Balaban J connectivity index is 1.25. The van der Waals surface area contributed by atoms with Crippen molar-refractivity contribution < 1.29 is 39.3 Å². The summed E-state index contributed by atoms with van der Waals surface area (Å²) in [7, 11) is 0. The van der Waals surface area contributed by atoms with Gasteiger partial charge in [0.15, 0.2) is 6.29 Å². The molecule has 0 bridgehead atoms. The molecular weight excluding hydrogens is 644 g/mol. The Morgan fingerprint density at radius 1 is 0.776 bits per heavy atom. The molecule has 49 heavy (non-hydrogen) atoms. The number of carbonyl (C=O) groups is 3. The number of rotatable bonds is 15. The van der Waals surface area contributed by atoms with E-state index >= 15 is 0 Å². The van der Waals surface area contributed by atoms with E-state index in [4.69, 9.17) is 14.7 Å². The highest BCUT2D eigenvalue weighted by Gasteiger charge is 2.32. The largest absolute Gasteiger partial charge is 0.478 e. The molecule has 5 N–H and O–H groups in total. The molecule has 3 unspecified atom stereocenters. The van der Waals surface area contributed by atoms with Gasteiger partial charge in [0.05, 0.1) is 24.4 Å². The summed E-state index contributed by atoms with van der Waals surface area (Å²) < 4.78 is 12.9. The van der Waals surface area contributed by atoms with Crippen LogP contribution in [0, 0.1) is 0 Å². The highest BCUT2D eigenvalue weighted by atomic mass is 32.2. The molecule has 1 aliphatic rings. The smallest absolute Gasteiger partial charge is 0.336 e. The van der Waals surface area contributed by atoms with Crippen LogP contribution in [-0.4, -0.2) is 45.1 Å². The lowest BCUT2D eigenvalue weighted by molar-refractivity contribution is -0.245. The van der Waals surface area contributed by atoms with Crippen LogP contribution in [0.25, 0.3) is 11.1 Å². The summed E-state index contributed by atoms with van der Waals surface area (Å²) in [6.45, 7) is 0.335. The minimum atomic E-state index is -0.967. The fourth-order valence-corrected chi connectivity index (χ4v) is 6.65. The van der Waals surface area contributed by atoms with E-state index in [0.29, 0.717) is 42.9 Å². The summed E-state index contributed by atoms with van der Waals surface area (Å²) in [5, 5.41) is 30.6. The second-order valence-electron chi connectivity index (χ2n) is 11.8. The van der Waals surface area contributed by atoms with Gasteiger partial charge in [0.1, 0.15) is 0 Å². The Morgan fingerprint density at radius 3 is 2.20 bits per heavy atom. The predicted octanol–water partition coefficient (Wildman–Crippen LogP) is 6.56. The van der Waals surface area contributed by atoms with E-state index in [0.717, 1.165) is 33.4 Å². The first-order valence-electron chi connectivity index (χ1n) is 16.2. The highest BCUT2D eigenvalue weighted by molar-refractivity contribution is 7.99. The molecule has 5 rings (SSSR count). The molecule has 0 saturated carbocycles. The maximum atomic E-state index is 12.3. The number of ether oxygens (including phenoxy) is 2. The predicted molar refractivity (Wildman–Crippen MR) is 185 cm³/mol. The third-order valence-electron chi connectivity index (χ3n) is 8.27. The molecule has 11 heteroatoms. The Kier molecular flexibility index (Phi) is 13.0. The summed E-state index contributed by atoms with van der Waals surface area (Å²) in [6.07, 6.45) is 0.987. The molecule has 0 aliphatic carbocycles. The van der Waals surface area contributed by atoms with Crippen molar-refractivity contribution in [3.05, 3.63) is 125 Å². The van der Waals surface area contributed by atoms with E-state index in [-0.39, 0.29) is 36.7 Å². The second kappa shape index (κ2) is 17.8. The fourth-order valence-electron chi connectivity index (χ4n) is 5.58. The molecule has 2 amide bonds. The topological polar surface area (TPSA) is 154 Å². The van der Waals surface area contributed by atoms with Crippen LogP contribution < -0.4 is 10.8 Å². The normalized spacial score (nSPS) is 17.3. The summed E-state index contributed by atoms with van der Waals surface area (Å²) in [5.74, 6) is -0.988. The summed E-state index contributed by atoms with van der Waals surface area (Å²) in [5.41, 5.74) is 7.42. The van der Waals surface area contributed by atoms with Crippen molar-refractivity contribution in [3.63, 3.8) is 0 Å². The summed E-state index contributed by atoms with van der Waals surface area (Å²) >= 11 is 1.45. The first kappa shape index (κ1) is 35.8. The van der Waals surface area contributed by atoms with Gasteiger partial charge in [-0.25, -0.2) is 10.3 Å². The Hall–Kier alpha value is -4.52. The molecule has 1 heterocycles. The van der Waals surface area contributed by atoms with Crippen LogP contribution in [0.15, 0.2) is 102 Å². The minimum Gasteiger partial charge on any atom is -0.478 e. The third kappa shape index (κ3) is 10.2. The number of carboxylic acids is 1. The number of hydrogen-bond donors (Lipinski definition) is 5. The number of unbranched alkanes of at least 4 members (excludes halogenated alkanes) is 1. The van der Waals surface area contributed by atoms with E-state index in [1.165, 1.54) is 11.8 Å². The van der Waals surface area contributed by atoms with Crippen molar-refractivity contribution in [1.82, 2.24) is 10.8 Å². The lowest BCUT2D eigenvalue weighted by Crippen LogP contribution is -2.31. The molecule has 0 radical (unpaired) electrons. The van der Waals surface area contributed by atoms with Crippen LogP contribution in [0.2, 0.25) is 0 Å². The Morgan fingerprint density at radius 2 is 1.49 bits per heavy atom. The van der Waals surface area contributed by atoms with Crippen molar-refractivity contribution in [1.29, 1.82) is 0 Å². The van der Waals surface area contributed by atoms with Gasteiger partial charge in [-0.2, -0.15) is 0 Å². The van der Waals surface area contributed by atoms with Crippen molar-refractivity contribution in [2.24, 2.45) is 0 Å². The van der Waals surface area contributed by atoms with Crippen molar-refractivity contribution in [2.75, 3.05) is 5.75 Å². The second-order valence-corrected chi connectivity index (χ2v) is 12.9. The summed E-state index contributed by atoms with van der Waals surface area (Å²) in [6, 6.07) is 30.5. The number of aliphatic hydroxyl groups excluding tert-OH is 1. The number of hydroxylamine groups is 1. The minimum absolute atomic E-state index is 0.0429. The number of aliphatic hydroxyl groups is 1. The standard InChI is InChI=1S/C38H40N2O8S/c41-23-25-12-14-28(15-13-25)33-21-31(24-49-34-9-2-1-8-32(34)37(44)45)47-38(48-33)29-18-16-27(17-19-29)30-7-5-6-26(20-30)22-39-35(42)10-3-4-11-36(43)40-46/h1-2,5-9,12-20,31,33,38,41,46H,3-4,10-11,21-24H2,(H,39,42)(H,40,43)(H,44,45). The van der Waals surface area contributed by atoms with E-state index < -0.39 is 18.2 Å². The molecule has 0 spiro atoms. The molecule has 1 aliphatic heterocycles. The van der Waals surface area contributed by atoms with Gasteiger partial charge in [-0.05, 0) is 58.9 Å². The van der Waals surface area contributed by atoms with Crippen molar-refractivity contribution in [2.45, 2.75) is 68.6 Å². The van der Waals surface area contributed by atoms with Gasteiger partial charge in [0, 0.05) is 42.0 Å². The quantitative estimate of drug-likeness (QED) is 0.0405. The molecule has 10 nitrogen and oxygen atoms in total. The maximum Gasteiger partial charge on any atom is 0.336 e. The number of nitrogens with one attached hydrogen (secondary N) is 2. The zero-order valence-electron chi connectivity index (χ0n) is 26.9. The van der Waals surface area contributed by atoms with Gasteiger partial charge in [0.2, 0.25) is 11.8 Å². The average Bonchev–Trinajstić information content (AvgIpc) is 3.15. The number of hydrogen-bond acceptors (Lipinski definition) is 8. The number of thioether (sulfide) groups is 1. The van der Waals surface area contributed by atoms with Gasteiger partial charge < -0.3 is 25.0 Å². The first-order valence-corrected chi connectivity index (χ1v) is 17.2. The number of carbonyl (C=O) groups excluding carboxylic acids is 2. The number of amides is 2. The van der Waals surface area contributed by atoms with Crippen molar-refractivity contribution in [3.8, 4) is 11.1 Å². The zero-order valence-corrected chi connectivity index (χ0v) is 27.7. The molecule has 1 saturated heterocycles. The Bertz CT molecular complexity index is 1710. The maximum absolute atomic E-state index is 12.3. The Labute approximate surface area is 289 Å². The van der Waals surface area contributed by atoms with Gasteiger partial charge in [-0.1, -0.05) is 78.9 Å². The van der Waals surface area contributed by atoms with Crippen LogP contribution in [0.1, 0.15) is 77.1 Å². The van der Waals surface area contributed by atoms with Crippen LogP contribution in [0.3, 0.4) is 0 Å². The van der Waals surface area contributed by atoms with Crippen LogP contribution in [-0.2, 0) is 32.2 Å². The van der Waals surface area contributed by atoms with Crippen LogP contribution >= 0.6 is 11.8 Å². The van der Waals surface area contributed by atoms with E-state index in [1.807, 2.05) is 84.9 Å². The monoisotopic (exact) mass is 684 g/mol. The lowest BCUT2D eigenvalue weighted by atomic mass is 9.99.